The first kappa shape index (κ1) is 26.3. The molecule has 190 valence electrons. The number of thioether (sulfide) groups is 1. The van der Waals surface area contributed by atoms with Crippen LogP contribution in [-0.2, 0) is 16.2 Å². The molecule has 1 aliphatic heterocycles. The molecule has 3 amide bonds. The molecular weight excluding hydrogens is 512 g/mol. The molecule has 0 saturated carbocycles. The van der Waals surface area contributed by atoms with Crippen molar-refractivity contribution in [2.24, 2.45) is 0 Å². The highest BCUT2D eigenvalue weighted by molar-refractivity contribution is 8.18. The Hall–Kier alpha value is -3.75. The zero-order valence-electron chi connectivity index (χ0n) is 20.5. The van der Waals surface area contributed by atoms with Gasteiger partial charge in [-0.15, -0.1) is 0 Å². The Morgan fingerprint density at radius 1 is 1.03 bits per heavy atom. The Bertz CT molecular complexity index is 1390. The monoisotopic (exact) mass is 536 g/mol. The summed E-state index contributed by atoms with van der Waals surface area (Å²) in [7, 11) is 1.53. The summed E-state index contributed by atoms with van der Waals surface area (Å²) in [6.45, 7) is 3.83. The molecule has 0 aromatic heterocycles. The Kier molecular flexibility index (Phi) is 8.21. The van der Waals surface area contributed by atoms with Crippen molar-refractivity contribution >= 4 is 52.2 Å². The predicted octanol–water partition coefficient (Wildman–Crippen LogP) is 6.22. The number of imide groups is 1. The number of benzene rings is 3. The van der Waals surface area contributed by atoms with Crippen LogP contribution in [0, 0.1) is 13.8 Å². The summed E-state index contributed by atoms with van der Waals surface area (Å²) in [4.78, 5) is 39.1. The van der Waals surface area contributed by atoms with E-state index in [4.69, 9.17) is 21.1 Å². The molecule has 1 N–H and O–H groups in total. The van der Waals surface area contributed by atoms with Crippen molar-refractivity contribution < 1.29 is 23.9 Å². The number of halogens is 1. The number of anilines is 1. The minimum atomic E-state index is -0.536. The van der Waals surface area contributed by atoms with E-state index in [0.29, 0.717) is 34.4 Å². The summed E-state index contributed by atoms with van der Waals surface area (Å²) in [6.07, 6.45) is 1.59. The summed E-state index contributed by atoms with van der Waals surface area (Å²) >= 11 is 6.78. The first-order valence-corrected chi connectivity index (χ1v) is 12.6. The van der Waals surface area contributed by atoms with E-state index >= 15 is 0 Å². The Morgan fingerprint density at radius 2 is 1.78 bits per heavy atom. The number of carbonyl (C=O) groups excluding carboxylic acids is 3. The second-order valence-electron chi connectivity index (χ2n) is 8.46. The van der Waals surface area contributed by atoms with Crippen LogP contribution in [0.1, 0.15) is 22.3 Å². The van der Waals surface area contributed by atoms with Crippen LogP contribution in [0.25, 0.3) is 6.08 Å². The fraction of sp³-hybridized carbons (Fsp3) is 0.179. The summed E-state index contributed by atoms with van der Waals surface area (Å²) in [5.41, 5.74) is 4.19. The van der Waals surface area contributed by atoms with Crippen molar-refractivity contribution in [2.75, 3.05) is 19.0 Å². The third-order valence-electron chi connectivity index (χ3n) is 5.65. The second-order valence-corrected chi connectivity index (χ2v) is 9.89. The molecule has 0 radical (unpaired) electrons. The number of hydrogen-bond acceptors (Lipinski definition) is 6. The molecule has 3 aromatic rings. The Balaban J connectivity index is 1.43. The molecule has 0 unspecified atom stereocenters. The molecule has 1 saturated heterocycles. The standard InChI is InChI=1S/C28H25ClN2O5S/c1-17-4-7-19(8-5-17)16-36-23-11-9-20(12-24(23)35-3)13-25-27(33)31(28(34)37-25)15-26(32)30-22-14-21(29)10-6-18(22)2/h4-14H,15-16H2,1-3H3,(H,30,32)/b25-13+. The number of nitrogens with zero attached hydrogens (tertiary/aromatic N) is 1. The molecule has 0 atom stereocenters. The molecule has 1 fully saturated rings. The molecule has 3 aromatic carbocycles. The molecule has 37 heavy (non-hydrogen) atoms. The molecule has 4 rings (SSSR count). The zero-order valence-corrected chi connectivity index (χ0v) is 22.1. The van der Waals surface area contributed by atoms with E-state index in [2.05, 4.69) is 5.32 Å². The van der Waals surface area contributed by atoms with Gasteiger partial charge in [0.15, 0.2) is 11.5 Å². The first-order chi connectivity index (χ1) is 17.7. The predicted molar refractivity (Wildman–Crippen MR) is 146 cm³/mol. The largest absolute Gasteiger partial charge is 0.493 e. The van der Waals surface area contributed by atoms with E-state index in [1.807, 2.05) is 38.1 Å². The number of carbonyl (C=O) groups is 3. The van der Waals surface area contributed by atoms with Crippen molar-refractivity contribution in [3.8, 4) is 11.5 Å². The maximum atomic E-state index is 12.9. The van der Waals surface area contributed by atoms with Gasteiger partial charge in [-0.2, -0.15) is 0 Å². The molecule has 9 heteroatoms. The smallest absolute Gasteiger partial charge is 0.294 e. The SMILES string of the molecule is COc1cc(/C=C2/SC(=O)N(CC(=O)Nc3cc(Cl)ccc3C)C2=O)ccc1OCc1ccc(C)cc1. The average molecular weight is 537 g/mol. The van der Waals surface area contributed by atoms with Gasteiger partial charge < -0.3 is 14.8 Å². The van der Waals surface area contributed by atoms with Gasteiger partial charge in [0, 0.05) is 10.7 Å². The van der Waals surface area contributed by atoms with Crippen LogP contribution in [0.15, 0.2) is 65.6 Å². The van der Waals surface area contributed by atoms with Gasteiger partial charge in [-0.1, -0.05) is 53.6 Å². The van der Waals surface area contributed by atoms with Crippen LogP contribution in [-0.4, -0.2) is 35.6 Å². The topological polar surface area (TPSA) is 84.9 Å². The van der Waals surface area contributed by atoms with E-state index in [1.54, 1.807) is 42.5 Å². The van der Waals surface area contributed by atoms with Crippen LogP contribution < -0.4 is 14.8 Å². The van der Waals surface area contributed by atoms with Crippen LogP contribution in [0.5, 0.6) is 11.5 Å². The highest BCUT2D eigenvalue weighted by Crippen LogP contribution is 2.35. The molecule has 0 spiro atoms. The summed E-state index contributed by atoms with van der Waals surface area (Å²) in [5.74, 6) is 0.0231. The summed E-state index contributed by atoms with van der Waals surface area (Å²) in [5, 5.41) is 2.66. The third-order valence-corrected chi connectivity index (χ3v) is 6.79. The number of ether oxygens (including phenoxy) is 2. The van der Waals surface area contributed by atoms with E-state index < -0.39 is 23.6 Å². The van der Waals surface area contributed by atoms with E-state index in [1.165, 1.54) is 12.7 Å². The first-order valence-electron chi connectivity index (χ1n) is 11.4. The minimum Gasteiger partial charge on any atom is -0.493 e. The van der Waals surface area contributed by atoms with Gasteiger partial charge in [-0.05, 0) is 72.6 Å². The molecule has 0 bridgehead atoms. The van der Waals surface area contributed by atoms with Crippen LogP contribution in [0.3, 0.4) is 0 Å². The number of rotatable bonds is 8. The lowest BCUT2D eigenvalue weighted by Crippen LogP contribution is -2.36. The summed E-state index contributed by atoms with van der Waals surface area (Å²) in [6, 6.07) is 18.4. The van der Waals surface area contributed by atoms with E-state index in [-0.39, 0.29) is 4.91 Å². The van der Waals surface area contributed by atoms with Gasteiger partial charge in [-0.25, -0.2) is 0 Å². The molecule has 7 nitrogen and oxygen atoms in total. The van der Waals surface area contributed by atoms with Crippen LogP contribution in [0.4, 0.5) is 10.5 Å². The number of hydrogen-bond donors (Lipinski definition) is 1. The van der Waals surface area contributed by atoms with Crippen molar-refractivity contribution in [3.05, 3.63) is 92.8 Å². The number of methoxy groups -OCH3 is 1. The van der Waals surface area contributed by atoms with Gasteiger partial charge in [0.25, 0.3) is 11.1 Å². The lowest BCUT2D eigenvalue weighted by Gasteiger charge is -2.14. The van der Waals surface area contributed by atoms with Gasteiger partial charge >= 0.3 is 0 Å². The third kappa shape index (κ3) is 6.53. The zero-order chi connectivity index (χ0) is 26.5. The fourth-order valence-corrected chi connectivity index (χ4v) is 4.60. The van der Waals surface area contributed by atoms with Gasteiger partial charge in [0.05, 0.1) is 12.0 Å². The lowest BCUT2D eigenvalue weighted by atomic mass is 10.1. The molecular formula is C28H25ClN2O5S. The Morgan fingerprint density at radius 3 is 2.51 bits per heavy atom. The maximum absolute atomic E-state index is 12.9. The number of aryl methyl sites for hydroxylation is 2. The van der Waals surface area contributed by atoms with Gasteiger partial charge in [0.2, 0.25) is 5.91 Å². The van der Waals surface area contributed by atoms with E-state index in [9.17, 15) is 14.4 Å². The highest BCUT2D eigenvalue weighted by Gasteiger charge is 2.36. The van der Waals surface area contributed by atoms with Crippen molar-refractivity contribution in [1.82, 2.24) is 4.90 Å². The number of amides is 3. The molecule has 1 heterocycles. The van der Waals surface area contributed by atoms with Gasteiger partial charge in [-0.3, -0.25) is 19.3 Å². The quantitative estimate of drug-likeness (QED) is 0.344. The highest BCUT2D eigenvalue weighted by atomic mass is 35.5. The molecule has 1 aliphatic rings. The van der Waals surface area contributed by atoms with Crippen molar-refractivity contribution in [1.29, 1.82) is 0 Å². The van der Waals surface area contributed by atoms with Crippen molar-refractivity contribution in [2.45, 2.75) is 20.5 Å². The van der Waals surface area contributed by atoms with Gasteiger partial charge in [0.1, 0.15) is 13.2 Å². The Labute approximate surface area is 224 Å². The second kappa shape index (κ2) is 11.5. The molecule has 0 aliphatic carbocycles. The summed E-state index contributed by atoms with van der Waals surface area (Å²) < 4.78 is 11.4. The minimum absolute atomic E-state index is 0.215. The lowest BCUT2D eigenvalue weighted by molar-refractivity contribution is -0.127. The average Bonchev–Trinajstić information content (AvgIpc) is 3.13. The van der Waals surface area contributed by atoms with Crippen molar-refractivity contribution in [3.63, 3.8) is 0 Å². The van der Waals surface area contributed by atoms with E-state index in [0.717, 1.165) is 27.8 Å². The van der Waals surface area contributed by atoms with Crippen LogP contribution in [0.2, 0.25) is 5.02 Å². The van der Waals surface area contributed by atoms with Crippen LogP contribution >= 0.6 is 23.4 Å². The normalized spacial score (nSPS) is 14.3. The maximum Gasteiger partial charge on any atom is 0.294 e. The fourth-order valence-electron chi connectivity index (χ4n) is 3.59. The number of nitrogens with one attached hydrogen (secondary N) is 1.